The number of carbonyl (C=O) groups excluding carboxylic acids is 1. The third-order valence-electron chi connectivity index (χ3n) is 4.90. The molecule has 0 radical (unpaired) electrons. The van der Waals surface area contributed by atoms with Gasteiger partial charge in [-0.3, -0.25) is 4.79 Å². The number of piperidine rings is 1. The summed E-state index contributed by atoms with van der Waals surface area (Å²) < 4.78 is 6.02. The van der Waals surface area contributed by atoms with Gasteiger partial charge in [0.2, 0.25) is 5.91 Å². The van der Waals surface area contributed by atoms with Gasteiger partial charge in [-0.05, 0) is 44.4 Å². The number of nitrogens with zero attached hydrogens (tertiary/aromatic N) is 1. The number of hydrogen-bond donors (Lipinski definition) is 1. The van der Waals surface area contributed by atoms with Crippen LogP contribution >= 0.6 is 0 Å². The molecule has 1 N–H and O–H groups in total. The summed E-state index contributed by atoms with van der Waals surface area (Å²) in [5.41, 5.74) is 2.43. The summed E-state index contributed by atoms with van der Waals surface area (Å²) in [7, 11) is 0. The molecule has 2 aliphatic heterocycles. The molecule has 2 fully saturated rings. The molecular formula is C18H26N2O2. The molecule has 0 unspecified atom stereocenters. The minimum absolute atomic E-state index is 0.00194. The van der Waals surface area contributed by atoms with E-state index in [0.717, 1.165) is 25.9 Å². The van der Waals surface area contributed by atoms with Crippen molar-refractivity contribution in [3.63, 3.8) is 0 Å². The lowest BCUT2D eigenvalue weighted by Crippen LogP contribution is -2.52. The van der Waals surface area contributed by atoms with Crippen molar-refractivity contribution in [1.82, 2.24) is 10.2 Å². The van der Waals surface area contributed by atoms with Gasteiger partial charge in [0, 0.05) is 6.54 Å². The second-order valence-corrected chi connectivity index (χ2v) is 6.56. The van der Waals surface area contributed by atoms with Gasteiger partial charge in [0.15, 0.2) is 0 Å². The summed E-state index contributed by atoms with van der Waals surface area (Å²) in [6.07, 6.45) is 2.10. The molecule has 1 aromatic carbocycles. The van der Waals surface area contributed by atoms with Crippen LogP contribution in [0.1, 0.15) is 37.0 Å². The average molecular weight is 302 g/mol. The largest absolute Gasteiger partial charge is 0.370 e. The lowest BCUT2D eigenvalue weighted by atomic mass is 9.95. The van der Waals surface area contributed by atoms with Gasteiger partial charge >= 0.3 is 0 Å². The maximum Gasteiger partial charge on any atom is 0.227 e. The van der Waals surface area contributed by atoms with Gasteiger partial charge in [0.05, 0.1) is 25.1 Å². The summed E-state index contributed by atoms with van der Waals surface area (Å²) in [5.74, 6) is 0.424. The Bertz CT molecular complexity index is 526. The number of carbonyl (C=O) groups is 1. The zero-order chi connectivity index (χ0) is 15.5. The van der Waals surface area contributed by atoms with Crippen LogP contribution in [0.25, 0.3) is 0 Å². The van der Waals surface area contributed by atoms with Crippen molar-refractivity contribution in [2.45, 2.75) is 38.8 Å². The molecule has 22 heavy (non-hydrogen) atoms. The summed E-state index contributed by atoms with van der Waals surface area (Å²) in [6.45, 7) is 7.33. The second-order valence-electron chi connectivity index (χ2n) is 6.56. The number of morpholine rings is 1. The Hall–Kier alpha value is -1.39. The molecule has 1 amide bonds. The zero-order valence-corrected chi connectivity index (χ0v) is 13.5. The minimum atomic E-state index is -0.00194. The van der Waals surface area contributed by atoms with Gasteiger partial charge in [0.25, 0.3) is 0 Å². The maximum absolute atomic E-state index is 12.9. The van der Waals surface area contributed by atoms with Gasteiger partial charge in [-0.15, -0.1) is 0 Å². The number of ether oxygens (including phenoxy) is 1. The van der Waals surface area contributed by atoms with Crippen LogP contribution in [0.4, 0.5) is 0 Å². The highest BCUT2D eigenvalue weighted by molar-refractivity contribution is 5.79. The van der Waals surface area contributed by atoms with E-state index in [1.54, 1.807) is 0 Å². The Balaban J connectivity index is 1.73. The molecule has 2 saturated heterocycles. The van der Waals surface area contributed by atoms with Crippen molar-refractivity contribution < 1.29 is 9.53 Å². The van der Waals surface area contributed by atoms with Gasteiger partial charge in [0.1, 0.15) is 6.10 Å². The first-order valence-electron chi connectivity index (χ1n) is 8.35. The summed E-state index contributed by atoms with van der Waals surface area (Å²) in [6, 6.07) is 8.46. The standard InChI is InChI=1S/C18H26N2O2/c1-13-6-3-4-8-16(13)17-11-20(14(2)12-22-17)18(21)15-7-5-9-19-10-15/h3-4,6,8,14-15,17,19H,5,7,9-12H2,1-2H3/t14-,15-,17-/m0/s1. The Morgan fingerprint density at radius 3 is 2.91 bits per heavy atom. The Morgan fingerprint density at radius 2 is 2.18 bits per heavy atom. The Labute approximate surface area is 132 Å². The third-order valence-corrected chi connectivity index (χ3v) is 4.90. The van der Waals surface area contributed by atoms with Crippen molar-refractivity contribution >= 4 is 5.91 Å². The lowest BCUT2D eigenvalue weighted by molar-refractivity contribution is -0.149. The highest BCUT2D eigenvalue weighted by Crippen LogP contribution is 2.28. The van der Waals surface area contributed by atoms with Crippen LogP contribution in [-0.2, 0) is 9.53 Å². The third kappa shape index (κ3) is 3.18. The molecule has 0 aliphatic carbocycles. The quantitative estimate of drug-likeness (QED) is 0.911. The first-order valence-corrected chi connectivity index (χ1v) is 8.35. The van der Waals surface area contributed by atoms with Crippen molar-refractivity contribution in [2.75, 3.05) is 26.2 Å². The van der Waals surface area contributed by atoms with Crippen LogP contribution in [-0.4, -0.2) is 43.1 Å². The van der Waals surface area contributed by atoms with E-state index in [1.165, 1.54) is 11.1 Å². The topological polar surface area (TPSA) is 41.6 Å². The van der Waals surface area contributed by atoms with Crippen LogP contribution in [0.3, 0.4) is 0 Å². The van der Waals surface area contributed by atoms with E-state index in [4.69, 9.17) is 4.74 Å². The highest BCUT2D eigenvalue weighted by Gasteiger charge is 2.34. The van der Waals surface area contributed by atoms with Crippen LogP contribution in [0.15, 0.2) is 24.3 Å². The summed E-state index contributed by atoms with van der Waals surface area (Å²) >= 11 is 0. The van der Waals surface area contributed by atoms with Crippen molar-refractivity contribution in [3.05, 3.63) is 35.4 Å². The molecule has 0 bridgehead atoms. The van der Waals surface area contributed by atoms with Crippen molar-refractivity contribution in [2.24, 2.45) is 5.92 Å². The Morgan fingerprint density at radius 1 is 1.36 bits per heavy atom. The van der Waals surface area contributed by atoms with E-state index >= 15 is 0 Å². The molecule has 3 atom stereocenters. The predicted molar refractivity (Wildman–Crippen MR) is 86.6 cm³/mol. The van der Waals surface area contributed by atoms with Gasteiger partial charge < -0.3 is 15.0 Å². The fourth-order valence-electron chi connectivity index (χ4n) is 3.50. The van der Waals surface area contributed by atoms with Crippen LogP contribution in [0, 0.1) is 12.8 Å². The molecule has 2 aliphatic rings. The van der Waals surface area contributed by atoms with Gasteiger partial charge in [-0.2, -0.15) is 0 Å². The Kier molecular flexibility index (Phi) is 4.79. The number of amides is 1. The number of hydrogen-bond acceptors (Lipinski definition) is 3. The predicted octanol–water partition coefficient (Wildman–Crippen LogP) is 2.28. The number of aryl methyl sites for hydroxylation is 1. The molecule has 4 heteroatoms. The summed E-state index contributed by atoms with van der Waals surface area (Å²) in [4.78, 5) is 14.9. The monoisotopic (exact) mass is 302 g/mol. The molecule has 120 valence electrons. The van der Waals surface area contributed by atoms with E-state index in [0.29, 0.717) is 19.1 Å². The maximum atomic E-state index is 12.9. The van der Waals surface area contributed by atoms with Gasteiger partial charge in [-0.1, -0.05) is 24.3 Å². The van der Waals surface area contributed by atoms with E-state index < -0.39 is 0 Å². The molecule has 0 saturated carbocycles. The number of rotatable bonds is 2. The fraction of sp³-hybridized carbons (Fsp3) is 0.611. The fourth-order valence-corrected chi connectivity index (χ4v) is 3.50. The van der Waals surface area contributed by atoms with Crippen molar-refractivity contribution in [3.8, 4) is 0 Å². The van der Waals surface area contributed by atoms with E-state index in [-0.39, 0.29) is 18.1 Å². The second kappa shape index (κ2) is 6.80. The van der Waals surface area contributed by atoms with E-state index in [9.17, 15) is 4.79 Å². The van der Waals surface area contributed by atoms with Crippen LogP contribution in [0.5, 0.6) is 0 Å². The van der Waals surface area contributed by atoms with Crippen molar-refractivity contribution in [1.29, 1.82) is 0 Å². The van der Waals surface area contributed by atoms with Crippen LogP contribution in [0.2, 0.25) is 0 Å². The van der Waals surface area contributed by atoms with Crippen LogP contribution < -0.4 is 5.32 Å². The summed E-state index contributed by atoms with van der Waals surface area (Å²) in [5, 5.41) is 3.34. The average Bonchev–Trinajstić information content (AvgIpc) is 2.56. The smallest absolute Gasteiger partial charge is 0.227 e. The lowest BCUT2D eigenvalue weighted by Gasteiger charge is -2.40. The van der Waals surface area contributed by atoms with E-state index in [2.05, 4.69) is 31.3 Å². The number of benzene rings is 1. The molecule has 2 heterocycles. The highest BCUT2D eigenvalue weighted by atomic mass is 16.5. The SMILES string of the molecule is Cc1ccccc1[C@@H]1CN(C(=O)[C@H]2CCCNC2)[C@@H](C)CO1. The molecule has 4 nitrogen and oxygen atoms in total. The number of nitrogens with one attached hydrogen (secondary N) is 1. The molecule has 0 aromatic heterocycles. The van der Waals surface area contributed by atoms with E-state index in [1.807, 2.05) is 17.0 Å². The molecule has 3 rings (SSSR count). The minimum Gasteiger partial charge on any atom is -0.370 e. The van der Waals surface area contributed by atoms with Gasteiger partial charge in [-0.25, -0.2) is 0 Å². The first kappa shape index (κ1) is 15.5. The normalized spacial score (nSPS) is 29.4. The molecular weight excluding hydrogens is 276 g/mol. The first-order chi connectivity index (χ1) is 10.7. The zero-order valence-electron chi connectivity index (χ0n) is 13.5. The molecule has 0 spiro atoms. The molecule has 1 aromatic rings.